The summed E-state index contributed by atoms with van der Waals surface area (Å²) in [6.07, 6.45) is 7.95. The molecule has 0 saturated heterocycles. The van der Waals surface area contributed by atoms with E-state index in [-0.39, 0.29) is 0 Å². The molecule has 0 aromatic heterocycles. The minimum Gasteiger partial charge on any atom is -0.390 e. The van der Waals surface area contributed by atoms with Crippen molar-refractivity contribution in [3.8, 4) is 0 Å². The fraction of sp³-hybridized carbons (Fsp3) is 0.800. The smallest absolute Gasteiger partial charge is 0.0653 e. The Kier molecular flexibility index (Phi) is 5.22. The molecule has 1 heteroatoms. The van der Waals surface area contributed by atoms with Gasteiger partial charge in [0.2, 0.25) is 0 Å². The molecule has 11 heavy (non-hydrogen) atoms. The summed E-state index contributed by atoms with van der Waals surface area (Å²) in [6.45, 7) is 6.10. The molecule has 0 aliphatic heterocycles. The van der Waals surface area contributed by atoms with E-state index in [1.165, 1.54) is 0 Å². The van der Waals surface area contributed by atoms with Crippen LogP contribution in [-0.4, -0.2) is 10.7 Å². The molecular formula is C10H20O. The summed E-state index contributed by atoms with van der Waals surface area (Å²) in [5.74, 6) is 0. The minimum absolute atomic E-state index is 0.486. The number of rotatable bonds is 5. The molecule has 0 aromatic carbocycles. The van der Waals surface area contributed by atoms with Crippen LogP contribution in [0.2, 0.25) is 0 Å². The van der Waals surface area contributed by atoms with Gasteiger partial charge in [-0.25, -0.2) is 0 Å². The van der Waals surface area contributed by atoms with E-state index in [9.17, 15) is 5.11 Å². The van der Waals surface area contributed by atoms with Crippen molar-refractivity contribution in [2.45, 2.75) is 52.1 Å². The average Bonchev–Trinajstić information content (AvgIpc) is 1.87. The predicted octanol–water partition coefficient (Wildman–Crippen LogP) is 2.89. The van der Waals surface area contributed by atoms with Crippen LogP contribution < -0.4 is 0 Å². The van der Waals surface area contributed by atoms with Gasteiger partial charge in [0.25, 0.3) is 0 Å². The van der Waals surface area contributed by atoms with Crippen molar-refractivity contribution in [3.63, 3.8) is 0 Å². The highest BCUT2D eigenvalue weighted by Crippen LogP contribution is 2.16. The van der Waals surface area contributed by atoms with Crippen LogP contribution in [0.3, 0.4) is 0 Å². The Morgan fingerprint density at radius 1 is 1.27 bits per heavy atom. The molecular weight excluding hydrogens is 136 g/mol. The van der Waals surface area contributed by atoms with Gasteiger partial charge in [-0.2, -0.15) is 0 Å². The quantitative estimate of drug-likeness (QED) is 0.607. The fourth-order valence-electron chi connectivity index (χ4n) is 1.14. The summed E-state index contributed by atoms with van der Waals surface area (Å²) in [6, 6.07) is 0. The molecule has 0 aromatic rings. The lowest BCUT2D eigenvalue weighted by atomic mass is 9.96. The maximum atomic E-state index is 9.69. The molecule has 1 nitrogen and oxygen atoms in total. The zero-order valence-electron chi connectivity index (χ0n) is 7.93. The van der Waals surface area contributed by atoms with Gasteiger partial charge in [-0.3, -0.25) is 0 Å². The van der Waals surface area contributed by atoms with Crippen molar-refractivity contribution >= 4 is 0 Å². The van der Waals surface area contributed by atoms with Gasteiger partial charge in [-0.05, 0) is 26.2 Å². The van der Waals surface area contributed by atoms with Gasteiger partial charge in [-0.15, -0.1) is 0 Å². The molecule has 0 amide bonds. The Morgan fingerprint density at radius 2 is 1.91 bits per heavy atom. The first kappa shape index (κ1) is 10.7. The monoisotopic (exact) mass is 156 g/mol. The summed E-state index contributed by atoms with van der Waals surface area (Å²) < 4.78 is 0. The van der Waals surface area contributed by atoms with Crippen molar-refractivity contribution in [1.29, 1.82) is 0 Å². The van der Waals surface area contributed by atoms with Crippen molar-refractivity contribution in [2.75, 3.05) is 0 Å². The molecule has 0 aliphatic carbocycles. The zero-order chi connectivity index (χ0) is 8.74. The largest absolute Gasteiger partial charge is 0.390 e. The van der Waals surface area contributed by atoms with Crippen LogP contribution in [0.1, 0.15) is 46.5 Å². The Morgan fingerprint density at radius 3 is 2.36 bits per heavy atom. The normalized spacial score (nSPS) is 17.1. The topological polar surface area (TPSA) is 20.2 Å². The van der Waals surface area contributed by atoms with Gasteiger partial charge in [-0.1, -0.05) is 32.4 Å². The Hall–Kier alpha value is -0.300. The average molecular weight is 156 g/mol. The van der Waals surface area contributed by atoms with Gasteiger partial charge in [0.05, 0.1) is 5.60 Å². The van der Waals surface area contributed by atoms with Crippen LogP contribution >= 0.6 is 0 Å². The third kappa shape index (κ3) is 6.11. The Balaban J connectivity index is 3.62. The molecule has 66 valence electrons. The van der Waals surface area contributed by atoms with Gasteiger partial charge in [0.1, 0.15) is 0 Å². The highest BCUT2D eigenvalue weighted by atomic mass is 16.3. The SMILES string of the molecule is CC/C=C/CC(C)(O)CCC. The summed E-state index contributed by atoms with van der Waals surface area (Å²) in [5.41, 5.74) is -0.486. The van der Waals surface area contributed by atoms with Crippen molar-refractivity contribution < 1.29 is 5.11 Å². The zero-order valence-corrected chi connectivity index (χ0v) is 7.93. The van der Waals surface area contributed by atoms with Crippen LogP contribution in [0.4, 0.5) is 0 Å². The maximum absolute atomic E-state index is 9.69. The highest BCUT2D eigenvalue weighted by molar-refractivity contribution is 4.88. The standard InChI is InChI=1S/C10H20O/c1-4-6-7-9-10(3,11)8-5-2/h6-7,11H,4-5,8-9H2,1-3H3/b7-6+. The lowest BCUT2D eigenvalue weighted by molar-refractivity contribution is 0.0532. The second kappa shape index (κ2) is 5.36. The molecule has 0 heterocycles. The van der Waals surface area contributed by atoms with Gasteiger partial charge in [0, 0.05) is 0 Å². The van der Waals surface area contributed by atoms with E-state index in [1.54, 1.807) is 0 Å². The number of aliphatic hydroxyl groups is 1. The van der Waals surface area contributed by atoms with Crippen LogP contribution in [0, 0.1) is 0 Å². The minimum atomic E-state index is -0.486. The molecule has 1 N–H and O–H groups in total. The lowest BCUT2D eigenvalue weighted by Gasteiger charge is -2.20. The summed E-state index contributed by atoms with van der Waals surface area (Å²) in [5, 5.41) is 9.69. The second-order valence-electron chi connectivity index (χ2n) is 3.33. The van der Waals surface area contributed by atoms with Gasteiger partial charge < -0.3 is 5.11 Å². The van der Waals surface area contributed by atoms with E-state index < -0.39 is 5.60 Å². The van der Waals surface area contributed by atoms with Crippen LogP contribution in [0.25, 0.3) is 0 Å². The van der Waals surface area contributed by atoms with E-state index in [0.29, 0.717) is 0 Å². The van der Waals surface area contributed by atoms with E-state index >= 15 is 0 Å². The van der Waals surface area contributed by atoms with E-state index in [0.717, 1.165) is 25.7 Å². The van der Waals surface area contributed by atoms with E-state index in [4.69, 9.17) is 0 Å². The van der Waals surface area contributed by atoms with Crippen LogP contribution in [0.15, 0.2) is 12.2 Å². The lowest BCUT2D eigenvalue weighted by Crippen LogP contribution is -2.22. The first-order valence-electron chi connectivity index (χ1n) is 4.49. The Bertz CT molecular complexity index is 114. The fourth-order valence-corrected chi connectivity index (χ4v) is 1.14. The van der Waals surface area contributed by atoms with E-state index in [2.05, 4.69) is 26.0 Å². The summed E-state index contributed by atoms with van der Waals surface area (Å²) in [7, 11) is 0. The van der Waals surface area contributed by atoms with Crippen LogP contribution in [0.5, 0.6) is 0 Å². The van der Waals surface area contributed by atoms with Gasteiger partial charge in [0.15, 0.2) is 0 Å². The molecule has 0 radical (unpaired) electrons. The number of hydrogen-bond donors (Lipinski definition) is 1. The molecule has 0 spiro atoms. The summed E-state index contributed by atoms with van der Waals surface area (Å²) in [4.78, 5) is 0. The predicted molar refractivity (Wildman–Crippen MR) is 49.6 cm³/mol. The molecule has 0 aliphatic rings. The van der Waals surface area contributed by atoms with E-state index in [1.807, 2.05) is 6.92 Å². The first-order valence-corrected chi connectivity index (χ1v) is 4.49. The first-order chi connectivity index (χ1) is 5.12. The second-order valence-corrected chi connectivity index (χ2v) is 3.33. The highest BCUT2D eigenvalue weighted by Gasteiger charge is 2.15. The molecule has 0 fully saturated rings. The maximum Gasteiger partial charge on any atom is 0.0653 e. The Labute approximate surface area is 70.1 Å². The van der Waals surface area contributed by atoms with Crippen molar-refractivity contribution in [2.24, 2.45) is 0 Å². The van der Waals surface area contributed by atoms with Crippen molar-refractivity contribution in [3.05, 3.63) is 12.2 Å². The molecule has 0 saturated carbocycles. The molecule has 1 atom stereocenters. The third-order valence-electron chi connectivity index (χ3n) is 1.75. The van der Waals surface area contributed by atoms with Crippen LogP contribution in [-0.2, 0) is 0 Å². The number of allylic oxidation sites excluding steroid dienone is 1. The van der Waals surface area contributed by atoms with Crippen molar-refractivity contribution in [1.82, 2.24) is 0 Å². The molecule has 0 bridgehead atoms. The van der Waals surface area contributed by atoms with Gasteiger partial charge >= 0.3 is 0 Å². The molecule has 1 unspecified atom stereocenters. The number of hydrogen-bond acceptors (Lipinski definition) is 1. The molecule has 0 rings (SSSR count). The third-order valence-corrected chi connectivity index (χ3v) is 1.75. The summed E-state index contributed by atoms with van der Waals surface area (Å²) >= 11 is 0.